The monoisotopic (exact) mass is 343 g/mol. The highest BCUT2D eigenvalue weighted by molar-refractivity contribution is 5.92. The summed E-state index contributed by atoms with van der Waals surface area (Å²) in [7, 11) is 0. The number of hydrogen-bond acceptors (Lipinski definition) is 3. The van der Waals surface area contributed by atoms with Gasteiger partial charge in [-0.15, -0.1) is 0 Å². The third-order valence-electron chi connectivity index (χ3n) is 5.33. The van der Waals surface area contributed by atoms with Crippen LogP contribution in [0.25, 0.3) is 0 Å². The van der Waals surface area contributed by atoms with Crippen molar-refractivity contribution in [3.63, 3.8) is 0 Å². The molecule has 136 valence electrons. The van der Waals surface area contributed by atoms with Gasteiger partial charge in [-0.1, -0.05) is 17.7 Å². The molecule has 0 aliphatic carbocycles. The van der Waals surface area contributed by atoms with Crippen molar-refractivity contribution in [2.24, 2.45) is 5.92 Å². The van der Waals surface area contributed by atoms with E-state index in [9.17, 15) is 9.59 Å². The van der Waals surface area contributed by atoms with Crippen LogP contribution in [0.2, 0.25) is 0 Å². The Bertz CT molecular complexity index is 585. The normalized spacial score (nSPS) is 19.2. The second kappa shape index (κ2) is 8.48. The highest BCUT2D eigenvalue weighted by atomic mass is 16.2. The lowest BCUT2D eigenvalue weighted by atomic mass is 9.93. The van der Waals surface area contributed by atoms with Crippen LogP contribution in [0.4, 0.5) is 5.69 Å². The average molecular weight is 343 g/mol. The zero-order valence-electron chi connectivity index (χ0n) is 15.2. The van der Waals surface area contributed by atoms with E-state index in [2.05, 4.69) is 10.2 Å². The van der Waals surface area contributed by atoms with Gasteiger partial charge in [-0.25, -0.2) is 0 Å². The largest absolute Gasteiger partial charge is 0.343 e. The van der Waals surface area contributed by atoms with Crippen LogP contribution in [0.5, 0.6) is 0 Å². The Balaban J connectivity index is 1.37. The van der Waals surface area contributed by atoms with Gasteiger partial charge in [-0.3, -0.25) is 14.5 Å². The fourth-order valence-corrected chi connectivity index (χ4v) is 3.73. The summed E-state index contributed by atoms with van der Waals surface area (Å²) < 4.78 is 0. The molecule has 0 radical (unpaired) electrons. The quantitative estimate of drug-likeness (QED) is 0.894. The smallest absolute Gasteiger partial charge is 0.238 e. The predicted molar refractivity (Wildman–Crippen MR) is 99.4 cm³/mol. The van der Waals surface area contributed by atoms with E-state index in [0.29, 0.717) is 24.8 Å². The number of rotatable bonds is 5. The van der Waals surface area contributed by atoms with Gasteiger partial charge in [0.2, 0.25) is 11.8 Å². The van der Waals surface area contributed by atoms with Gasteiger partial charge in [0.05, 0.1) is 6.54 Å². The topological polar surface area (TPSA) is 52.7 Å². The molecule has 2 aliphatic heterocycles. The first-order valence-corrected chi connectivity index (χ1v) is 9.47. The Hall–Kier alpha value is -1.88. The molecule has 0 unspecified atom stereocenters. The summed E-state index contributed by atoms with van der Waals surface area (Å²) in [5.74, 6) is 0.841. The molecular formula is C20H29N3O2. The number of anilines is 1. The number of benzene rings is 1. The van der Waals surface area contributed by atoms with E-state index in [1.807, 2.05) is 36.1 Å². The van der Waals surface area contributed by atoms with E-state index in [4.69, 9.17) is 0 Å². The van der Waals surface area contributed by atoms with Crippen LogP contribution in [0, 0.1) is 12.8 Å². The standard InChI is InChI=1S/C20H29N3O2/c1-16-4-6-18(7-5-16)21-19(24)15-22-12-8-17(9-13-22)14-20(25)23-10-2-3-11-23/h4-7,17H,2-3,8-15H2,1H3,(H,21,24). The minimum Gasteiger partial charge on any atom is -0.343 e. The van der Waals surface area contributed by atoms with Crippen molar-refractivity contribution in [1.82, 2.24) is 9.80 Å². The fraction of sp³-hybridized carbons (Fsp3) is 0.600. The number of aryl methyl sites for hydroxylation is 1. The minimum atomic E-state index is 0.0375. The molecule has 5 heteroatoms. The zero-order valence-corrected chi connectivity index (χ0v) is 15.2. The minimum absolute atomic E-state index is 0.0375. The Kier molecular flexibility index (Phi) is 6.08. The second-order valence-electron chi connectivity index (χ2n) is 7.43. The van der Waals surface area contributed by atoms with Crippen LogP contribution in [0.3, 0.4) is 0 Å². The van der Waals surface area contributed by atoms with Crippen LogP contribution in [-0.2, 0) is 9.59 Å². The van der Waals surface area contributed by atoms with Crippen molar-refractivity contribution < 1.29 is 9.59 Å². The van der Waals surface area contributed by atoms with Crippen molar-refractivity contribution in [2.75, 3.05) is 38.0 Å². The van der Waals surface area contributed by atoms with Crippen molar-refractivity contribution in [2.45, 2.75) is 39.0 Å². The molecule has 0 atom stereocenters. The lowest BCUT2D eigenvalue weighted by Crippen LogP contribution is -2.40. The lowest BCUT2D eigenvalue weighted by molar-refractivity contribution is -0.131. The van der Waals surface area contributed by atoms with Gasteiger partial charge in [0, 0.05) is 25.2 Å². The molecule has 2 aliphatic rings. The number of amides is 2. The number of likely N-dealkylation sites (tertiary alicyclic amines) is 2. The summed E-state index contributed by atoms with van der Waals surface area (Å²) in [5, 5.41) is 2.96. The summed E-state index contributed by atoms with van der Waals surface area (Å²) in [4.78, 5) is 28.6. The Morgan fingerprint density at radius 3 is 2.32 bits per heavy atom. The molecule has 1 aromatic carbocycles. The first kappa shape index (κ1) is 17.9. The van der Waals surface area contributed by atoms with E-state index in [-0.39, 0.29) is 5.91 Å². The SMILES string of the molecule is Cc1ccc(NC(=O)CN2CCC(CC(=O)N3CCCC3)CC2)cc1. The summed E-state index contributed by atoms with van der Waals surface area (Å²) in [6, 6.07) is 7.86. The maximum atomic E-state index is 12.2. The van der Waals surface area contributed by atoms with Crippen molar-refractivity contribution in [1.29, 1.82) is 0 Å². The lowest BCUT2D eigenvalue weighted by Gasteiger charge is -2.31. The van der Waals surface area contributed by atoms with Crippen LogP contribution in [-0.4, -0.2) is 54.3 Å². The molecule has 2 amide bonds. The third kappa shape index (κ3) is 5.30. The Labute approximate surface area is 150 Å². The van der Waals surface area contributed by atoms with Crippen LogP contribution >= 0.6 is 0 Å². The first-order chi connectivity index (χ1) is 12.1. The van der Waals surface area contributed by atoms with Gasteiger partial charge in [0.1, 0.15) is 0 Å². The Morgan fingerprint density at radius 2 is 1.68 bits per heavy atom. The number of piperidine rings is 1. The number of nitrogens with one attached hydrogen (secondary N) is 1. The predicted octanol–water partition coefficient (Wildman–Crippen LogP) is 2.66. The van der Waals surface area contributed by atoms with Crippen molar-refractivity contribution in [3.8, 4) is 0 Å². The molecule has 2 saturated heterocycles. The van der Waals surface area contributed by atoms with Gasteiger partial charge in [-0.2, -0.15) is 0 Å². The van der Waals surface area contributed by atoms with Crippen LogP contribution < -0.4 is 5.32 Å². The number of carbonyl (C=O) groups is 2. The van der Waals surface area contributed by atoms with Crippen LogP contribution in [0.1, 0.15) is 37.7 Å². The molecule has 0 saturated carbocycles. The van der Waals surface area contributed by atoms with Gasteiger partial charge in [0.25, 0.3) is 0 Å². The van der Waals surface area contributed by atoms with E-state index in [1.54, 1.807) is 0 Å². The number of nitrogens with zero attached hydrogens (tertiary/aromatic N) is 2. The van der Waals surface area contributed by atoms with Gasteiger partial charge in [-0.05, 0) is 63.7 Å². The molecule has 2 heterocycles. The van der Waals surface area contributed by atoms with Gasteiger partial charge < -0.3 is 10.2 Å². The molecule has 1 N–H and O–H groups in total. The number of carbonyl (C=O) groups excluding carboxylic acids is 2. The highest BCUT2D eigenvalue weighted by Crippen LogP contribution is 2.22. The first-order valence-electron chi connectivity index (χ1n) is 9.47. The molecule has 5 nitrogen and oxygen atoms in total. The van der Waals surface area contributed by atoms with E-state index in [1.165, 1.54) is 5.56 Å². The Morgan fingerprint density at radius 1 is 1.04 bits per heavy atom. The maximum Gasteiger partial charge on any atom is 0.238 e. The second-order valence-corrected chi connectivity index (χ2v) is 7.43. The third-order valence-corrected chi connectivity index (χ3v) is 5.33. The summed E-state index contributed by atoms with van der Waals surface area (Å²) in [5.41, 5.74) is 2.03. The van der Waals surface area contributed by atoms with E-state index < -0.39 is 0 Å². The summed E-state index contributed by atoms with van der Waals surface area (Å²) in [6.07, 6.45) is 5.01. The maximum absolute atomic E-state index is 12.2. The van der Waals surface area contributed by atoms with E-state index in [0.717, 1.165) is 57.5 Å². The summed E-state index contributed by atoms with van der Waals surface area (Å²) >= 11 is 0. The summed E-state index contributed by atoms with van der Waals surface area (Å²) in [6.45, 7) is 6.15. The van der Waals surface area contributed by atoms with Crippen LogP contribution in [0.15, 0.2) is 24.3 Å². The van der Waals surface area contributed by atoms with Gasteiger partial charge >= 0.3 is 0 Å². The van der Waals surface area contributed by atoms with Gasteiger partial charge in [0.15, 0.2) is 0 Å². The van der Waals surface area contributed by atoms with Crippen molar-refractivity contribution >= 4 is 17.5 Å². The molecule has 0 bridgehead atoms. The molecule has 25 heavy (non-hydrogen) atoms. The molecule has 3 rings (SSSR count). The highest BCUT2D eigenvalue weighted by Gasteiger charge is 2.25. The molecule has 2 fully saturated rings. The number of hydrogen-bond donors (Lipinski definition) is 1. The molecule has 0 spiro atoms. The molecular weight excluding hydrogens is 314 g/mol. The van der Waals surface area contributed by atoms with E-state index >= 15 is 0 Å². The molecule has 0 aromatic heterocycles. The zero-order chi connectivity index (χ0) is 17.6. The average Bonchev–Trinajstić information content (AvgIpc) is 3.13. The van der Waals surface area contributed by atoms with Crippen molar-refractivity contribution in [3.05, 3.63) is 29.8 Å². The fourth-order valence-electron chi connectivity index (χ4n) is 3.73. The molecule has 1 aromatic rings.